The van der Waals surface area contributed by atoms with Crippen LogP contribution in [-0.4, -0.2) is 16.7 Å². The van der Waals surface area contributed by atoms with Crippen LogP contribution in [0.1, 0.15) is 23.9 Å². The zero-order valence-corrected chi connectivity index (χ0v) is 13.2. The fourth-order valence-electron chi connectivity index (χ4n) is 2.11. The van der Waals surface area contributed by atoms with E-state index in [1.165, 1.54) is 6.92 Å². The van der Waals surface area contributed by atoms with E-state index in [2.05, 4.69) is 37.1 Å². The molecule has 0 fully saturated rings. The second-order valence-corrected chi connectivity index (χ2v) is 5.39. The van der Waals surface area contributed by atoms with Crippen LogP contribution < -0.4 is 5.43 Å². The summed E-state index contributed by atoms with van der Waals surface area (Å²) in [6.07, 6.45) is 1.66. The first kappa shape index (κ1) is 14.5. The second-order valence-electron chi connectivity index (χ2n) is 4.54. The van der Waals surface area contributed by atoms with E-state index in [1.807, 2.05) is 38.1 Å². The summed E-state index contributed by atoms with van der Waals surface area (Å²) in [5.41, 5.74) is 6.66. The molecule has 2 aromatic rings. The van der Waals surface area contributed by atoms with Crippen molar-refractivity contribution in [2.45, 2.75) is 20.8 Å². The molecule has 5 heteroatoms. The number of rotatable bonds is 3. The van der Waals surface area contributed by atoms with Crippen LogP contribution in [0.5, 0.6) is 0 Å². The van der Waals surface area contributed by atoms with Gasteiger partial charge in [0.2, 0.25) is 5.91 Å². The summed E-state index contributed by atoms with van der Waals surface area (Å²) in [6.45, 7) is 5.51. The molecule has 1 heterocycles. The molecular weight excluding hydrogens is 318 g/mol. The van der Waals surface area contributed by atoms with Crippen molar-refractivity contribution >= 4 is 28.1 Å². The molecule has 0 aliphatic rings. The molecule has 1 aromatic carbocycles. The molecule has 0 spiro atoms. The smallest absolute Gasteiger partial charge is 0.236 e. The number of halogens is 1. The Hall–Kier alpha value is -1.88. The number of hydrazone groups is 1. The number of benzene rings is 1. The third-order valence-electron chi connectivity index (χ3n) is 2.99. The maximum atomic E-state index is 10.8. The van der Waals surface area contributed by atoms with E-state index in [0.717, 1.165) is 27.1 Å². The third-order valence-corrected chi connectivity index (χ3v) is 3.66. The van der Waals surface area contributed by atoms with E-state index in [1.54, 1.807) is 6.21 Å². The van der Waals surface area contributed by atoms with Crippen LogP contribution >= 0.6 is 15.9 Å². The summed E-state index contributed by atoms with van der Waals surface area (Å²) in [4.78, 5) is 10.8. The Bertz CT molecular complexity index is 674. The van der Waals surface area contributed by atoms with Crippen LogP contribution in [0.2, 0.25) is 0 Å². The second kappa shape index (κ2) is 6.05. The van der Waals surface area contributed by atoms with E-state index in [-0.39, 0.29) is 5.91 Å². The summed E-state index contributed by atoms with van der Waals surface area (Å²) in [7, 11) is 0. The Morgan fingerprint density at radius 1 is 1.35 bits per heavy atom. The first-order valence-corrected chi connectivity index (χ1v) is 7.03. The molecule has 0 aliphatic heterocycles. The van der Waals surface area contributed by atoms with Crippen LogP contribution in [0, 0.1) is 13.8 Å². The molecule has 2 rings (SSSR count). The number of hydrogen-bond acceptors (Lipinski definition) is 2. The van der Waals surface area contributed by atoms with Crippen molar-refractivity contribution in [1.82, 2.24) is 9.99 Å². The Kier molecular flexibility index (Phi) is 4.39. The van der Waals surface area contributed by atoms with Crippen molar-refractivity contribution in [3.63, 3.8) is 0 Å². The minimum Gasteiger partial charge on any atom is -0.317 e. The molecule has 0 atom stereocenters. The van der Waals surface area contributed by atoms with Gasteiger partial charge in [0.05, 0.1) is 11.9 Å². The maximum absolute atomic E-state index is 10.8. The quantitative estimate of drug-likeness (QED) is 0.679. The molecule has 0 saturated carbocycles. The van der Waals surface area contributed by atoms with Crippen LogP contribution in [-0.2, 0) is 4.79 Å². The summed E-state index contributed by atoms with van der Waals surface area (Å²) in [6, 6.07) is 10.1. The van der Waals surface area contributed by atoms with E-state index in [0.29, 0.717) is 0 Å². The molecule has 0 unspecified atom stereocenters. The van der Waals surface area contributed by atoms with E-state index in [4.69, 9.17) is 0 Å². The van der Waals surface area contributed by atoms with Gasteiger partial charge in [-0.3, -0.25) is 4.79 Å². The monoisotopic (exact) mass is 333 g/mol. The highest BCUT2D eigenvalue weighted by molar-refractivity contribution is 9.10. The number of nitrogens with zero attached hydrogens (tertiary/aromatic N) is 2. The lowest BCUT2D eigenvalue weighted by atomic mass is 10.2. The lowest BCUT2D eigenvalue weighted by Gasteiger charge is -2.11. The summed E-state index contributed by atoms with van der Waals surface area (Å²) in [5.74, 6) is -0.180. The zero-order valence-electron chi connectivity index (χ0n) is 11.6. The van der Waals surface area contributed by atoms with Gasteiger partial charge in [-0.05, 0) is 48.0 Å². The first-order chi connectivity index (χ1) is 9.50. The highest BCUT2D eigenvalue weighted by atomic mass is 79.9. The number of amides is 1. The summed E-state index contributed by atoms with van der Waals surface area (Å²) < 4.78 is 3.19. The Balaban J connectivity index is 2.42. The van der Waals surface area contributed by atoms with Gasteiger partial charge in [0.15, 0.2) is 0 Å². The largest absolute Gasteiger partial charge is 0.317 e. The van der Waals surface area contributed by atoms with E-state index in [9.17, 15) is 4.79 Å². The molecule has 0 aliphatic carbocycles. The highest BCUT2D eigenvalue weighted by Crippen LogP contribution is 2.25. The Morgan fingerprint density at radius 3 is 2.70 bits per heavy atom. The van der Waals surface area contributed by atoms with Gasteiger partial charge in [-0.15, -0.1) is 0 Å². The number of para-hydroxylation sites is 1. The van der Waals surface area contributed by atoms with Gasteiger partial charge in [0.25, 0.3) is 0 Å². The number of hydrogen-bond donors (Lipinski definition) is 1. The predicted molar refractivity (Wildman–Crippen MR) is 84.4 cm³/mol. The lowest BCUT2D eigenvalue weighted by molar-refractivity contribution is -0.118. The van der Waals surface area contributed by atoms with Crippen LogP contribution in [0.3, 0.4) is 0 Å². The van der Waals surface area contributed by atoms with Crippen LogP contribution in [0.25, 0.3) is 5.69 Å². The van der Waals surface area contributed by atoms with Crippen LogP contribution in [0.4, 0.5) is 0 Å². The van der Waals surface area contributed by atoms with Crippen molar-refractivity contribution in [2.75, 3.05) is 0 Å². The fourth-order valence-corrected chi connectivity index (χ4v) is 2.58. The Morgan fingerprint density at radius 2 is 2.05 bits per heavy atom. The van der Waals surface area contributed by atoms with Gasteiger partial charge < -0.3 is 4.57 Å². The molecule has 4 nitrogen and oxygen atoms in total. The van der Waals surface area contributed by atoms with Gasteiger partial charge in [-0.25, -0.2) is 5.43 Å². The van der Waals surface area contributed by atoms with Crippen molar-refractivity contribution in [3.05, 3.63) is 51.8 Å². The molecule has 104 valence electrons. The molecule has 0 saturated heterocycles. The minimum absolute atomic E-state index is 0.180. The third kappa shape index (κ3) is 2.99. The van der Waals surface area contributed by atoms with Gasteiger partial charge in [0, 0.05) is 28.3 Å². The number of aryl methyl sites for hydroxylation is 1. The average Bonchev–Trinajstić information content (AvgIpc) is 2.65. The standard InChI is InChI=1S/C15H16BrN3O/c1-10-8-13(9-17-18-12(3)20)11(2)19(10)15-7-5-4-6-14(15)16/h4-9H,1-3H3,(H,18,20)/b17-9+. The van der Waals surface area contributed by atoms with Gasteiger partial charge in [-0.2, -0.15) is 5.10 Å². The normalized spacial score (nSPS) is 11.0. The summed E-state index contributed by atoms with van der Waals surface area (Å²) in [5, 5.41) is 3.92. The zero-order chi connectivity index (χ0) is 14.7. The molecule has 1 N–H and O–H groups in total. The van der Waals surface area contributed by atoms with Gasteiger partial charge in [0.1, 0.15) is 0 Å². The van der Waals surface area contributed by atoms with E-state index < -0.39 is 0 Å². The molecule has 1 amide bonds. The molecular formula is C15H16BrN3O. The van der Waals surface area contributed by atoms with Crippen LogP contribution in [0.15, 0.2) is 39.9 Å². The van der Waals surface area contributed by atoms with E-state index >= 15 is 0 Å². The minimum atomic E-state index is -0.180. The molecule has 20 heavy (non-hydrogen) atoms. The molecule has 0 radical (unpaired) electrons. The van der Waals surface area contributed by atoms with Crippen molar-refractivity contribution in [3.8, 4) is 5.69 Å². The fraction of sp³-hybridized carbons (Fsp3) is 0.200. The molecule has 1 aromatic heterocycles. The van der Waals surface area contributed by atoms with Crippen molar-refractivity contribution in [1.29, 1.82) is 0 Å². The maximum Gasteiger partial charge on any atom is 0.236 e. The predicted octanol–water partition coefficient (Wildman–Crippen LogP) is 3.33. The number of carbonyl (C=O) groups excluding carboxylic acids is 1. The number of nitrogens with one attached hydrogen (secondary N) is 1. The van der Waals surface area contributed by atoms with Crippen molar-refractivity contribution < 1.29 is 4.79 Å². The SMILES string of the molecule is CC(=O)N/N=C/c1cc(C)n(-c2ccccc2Br)c1C. The number of carbonyl (C=O) groups is 1. The highest BCUT2D eigenvalue weighted by Gasteiger charge is 2.11. The number of aromatic nitrogens is 1. The van der Waals surface area contributed by atoms with Gasteiger partial charge >= 0.3 is 0 Å². The first-order valence-electron chi connectivity index (χ1n) is 6.24. The topological polar surface area (TPSA) is 46.4 Å². The summed E-state index contributed by atoms with van der Waals surface area (Å²) >= 11 is 3.57. The Labute approximate surface area is 126 Å². The van der Waals surface area contributed by atoms with Crippen molar-refractivity contribution in [2.24, 2.45) is 5.10 Å². The van der Waals surface area contributed by atoms with Gasteiger partial charge in [-0.1, -0.05) is 12.1 Å². The molecule has 0 bridgehead atoms. The lowest BCUT2D eigenvalue weighted by Crippen LogP contribution is -2.12. The average molecular weight is 334 g/mol.